The maximum atomic E-state index is 5.90. The second kappa shape index (κ2) is 6.49. The van der Waals surface area contributed by atoms with Gasteiger partial charge in [-0.05, 0) is 31.2 Å². The predicted molar refractivity (Wildman–Crippen MR) is 66.9 cm³/mol. The first kappa shape index (κ1) is 13.0. The number of rotatable bonds is 5. The SMILES string of the molecule is CCC(CC)CN1CCCC(C)C1CN. The van der Waals surface area contributed by atoms with Crippen LogP contribution in [0.25, 0.3) is 0 Å². The molecule has 1 rings (SSSR count). The van der Waals surface area contributed by atoms with Crippen molar-refractivity contribution in [3.63, 3.8) is 0 Å². The number of hydrogen-bond acceptors (Lipinski definition) is 2. The molecule has 1 fully saturated rings. The first-order valence-corrected chi connectivity index (χ1v) is 6.67. The summed E-state index contributed by atoms with van der Waals surface area (Å²) in [5.74, 6) is 1.66. The van der Waals surface area contributed by atoms with E-state index < -0.39 is 0 Å². The van der Waals surface area contributed by atoms with E-state index in [1.165, 1.54) is 38.8 Å². The van der Waals surface area contributed by atoms with Crippen molar-refractivity contribution < 1.29 is 0 Å². The molecule has 2 N–H and O–H groups in total. The predicted octanol–water partition coefficient (Wildman–Crippen LogP) is 2.48. The summed E-state index contributed by atoms with van der Waals surface area (Å²) >= 11 is 0. The molecule has 2 nitrogen and oxygen atoms in total. The van der Waals surface area contributed by atoms with E-state index in [0.29, 0.717) is 6.04 Å². The van der Waals surface area contributed by atoms with E-state index in [0.717, 1.165) is 18.4 Å². The minimum atomic E-state index is 0.638. The summed E-state index contributed by atoms with van der Waals surface area (Å²) in [5, 5.41) is 0. The largest absolute Gasteiger partial charge is 0.329 e. The average molecular weight is 212 g/mol. The van der Waals surface area contributed by atoms with E-state index in [2.05, 4.69) is 25.7 Å². The maximum Gasteiger partial charge on any atom is 0.0244 e. The minimum absolute atomic E-state index is 0.638. The Balaban J connectivity index is 2.50. The molecule has 15 heavy (non-hydrogen) atoms. The molecule has 2 atom stereocenters. The molecule has 0 bridgehead atoms. The Morgan fingerprint density at radius 1 is 1.33 bits per heavy atom. The van der Waals surface area contributed by atoms with Gasteiger partial charge in [-0.2, -0.15) is 0 Å². The van der Waals surface area contributed by atoms with Gasteiger partial charge in [-0.1, -0.05) is 33.6 Å². The quantitative estimate of drug-likeness (QED) is 0.758. The molecule has 0 aromatic carbocycles. The third-order valence-corrected chi connectivity index (χ3v) is 4.12. The summed E-state index contributed by atoms with van der Waals surface area (Å²) in [5.41, 5.74) is 5.90. The molecule has 1 aliphatic heterocycles. The highest BCUT2D eigenvalue weighted by Crippen LogP contribution is 2.24. The zero-order chi connectivity index (χ0) is 11.3. The Morgan fingerprint density at radius 3 is 2.53 bits per heavy atom. The number of likely N-dealkylation sites (tertiary alicyclic amines) is 1. The topological polar surface area (TPSA) is 29.3 Å². The molecular formula is C13H28N2. The van der Waals surface area contributed by atoms with Crippen LogP contribution in [0.2, 0.25) is 0 Å². The Kier molecular flexibility index (Phi) is 5.62. The van der Waals surface area contributed by atoms with Gasteiger partial charge in [-0.25, -0.2) is 0 Å². The lowest BCUT2D eigenvalue weighted by molar-refractivity contribution is 0.0869. The summed E-state index contributed by atoms with van der Waals surface area (Å²) in [6.45, 7) is 10.3. The summed E-state index contributed by atoms with van der Waals surface area (Å²) in [7, 11) is 0. The number of nitrogens with two attached hydrogens (primary N) is 1. The van der Waals surface area contributed by atoms with Crippen LogP contribution in [-0.2, 0) is 0 Å². The summed E-state index contributed by atoms with van der Waals surface area (Å²) < 4.78 is 0. The molecule has 2 heteroatoms. The highest BCUT2D eigenvalue weighted by atomic mass is 15.2. The zero-order valence-corrected chi connectivity index (χ0v) is 10.7. The van der Waals surface area contributed by atoms with Crippen LogP contribution in [0.5, 0.6) is 0 Å². The number of hydrogen-bond donors (Lipinski definition) is 1. The second-order valence-electron chi connectivity index (χ2n) is 5.10. The lowest BCUT2D eigenvalue weighted by Gasteiger charge is -2.41. The van der Waals surface area contributed by atoms with Crippen LogP contribution in [0.4, 0.5) is 0 Å². The molecule has 0 radical (unpaired) electrons. The van der Waals surface area contributed by atoms with Crippen LogP contribution < -0.4 is 5.73 Å². The van der Waals surface area contributed by atoms with Gasteiger partial charge < -0.3 is 5.73 Å². The standard InChI is InChI=1S/C13H28N2/c1-4-12(5-2)10-15-8-6-7-11(3)13(15)9-14/h11-13H,4-10,14H2,1-3H3. The molecule has 0 aromatic heterocycles. The smallest absolute Gasteiger partial charge is 0.0244 e. The van der Waals surface area contributed by atoms with Crippen LogP contribution in [0.1, 0.15) is 46.5 Å². The molecular weight excluding hydrogens is 184 g/mol. The second-order valence-corrected chi connectivity index (χ2v) is 5.10. The van der Waals surface area contributed by atoms with E-state index in [9.17, 15) is 0 Å². The fourth-order valence-corrected chi connectivity index (χ4v) is 2.82. The van der Waals surface area contributed by atoms with Crippen LogP contribution in [0, 0.1) is 11.8 Å². The van der Waals surface area contributed by atoms with Crippen molar-refractivity contribution in [3.8, 4) is 0 Å². The first-order chi connectivity index (χ1) is 7.22. The van der Waals surface area contributed by atoms with E-state index in [-0.39, 0.29) is 0 Å². The van der Waals surface area contributed by atoms with Crippen molar-refractivity contribution in [1.29, 1.82) is 0 Å². The molecule has 2 unspecified atom stereocenters. The van der Waals surface area contributed by atoms with E-state index in [1.807, 2.05) is 0 Å². The normalized spacial score (nSPS) is 28.6. The molecule has 1 heterocycles. The van der Waals surface area contributed by atoms with Gasteiger partial charge in [0.05, 0.1) is 0 Å². The minimum Gasteiger partial charge on any atom is -0.329 e. The van der Waals surface area contributed by atoms with Gasteiger partial charge in [-0.15, -0.1) is 0 Å². The number of nitrogens with zero attached hydrogens (tertiary/aromatic N) is 1. The van der Waals surface area contributed by atoms with Crippen molar-refractivity contribution in [3.05, 3.63) is 0 Å². The van der Waals surface area contributed by atoms with E-state index in [1.54, 1.807) is 0 Å². The van der Waals surface area contributed by atoms with Gasteiger partial charge >= 0.3 is 0 Å². The van der Waals surface area contributed by atoms with E-state index in [4.69, 9.17) is 5.73 Å². The Hall–Kier alpha value is -0.0800. The van der Waals surface area contributed by atoms with Crippen molar-refractivity contribution in [1.82, 2.24) is 4.90 Å². The average Bonchev–Trinajstić information content (AvgIpc) is 2.26. The molecule has 0 aliphatic carbocycles. The third kappa shape index (κ3) is 3.46. The van der Waals surface area contributed by atoms with Gasteiger partial charge in [0.15, 0.2) is 0 Å². The Bertz CT molecular complexity index is 166. The van der Waals surface area contributed by atoms with Gasteiger partial charge in [0.25, 0.3) is 0 Å². The van der Waals surface area contributed by atoms with Crippen LogP contribution in [-0.4, -0.2) is 30.6 Å². The lowest BCUT2D eigenvalue weighted by atomic mass is 9.89. The lowest BCUT2D eigenvalue weighted by Crippen LogP contribution is -2.50. The summed E-state index contributed by atoms with van der Waals surface area (Å²) in [6.07, 6.45) is 5.33. The fourth-order valence-electron chi connectivity index (χ4n) is 2.82. The molecule has 1 aliphatic rings. The first-order valence-electron chi connectivity index (χ1n) is 6.67. The fraction of sp³-hybridized carbons (Fsp3) is 1.00. The van der Waals surface area contributed by atoms with Gasteiger partial charge in [-0.3, -0.25) is 4.90 Å². The van der Waals surface area contributed by atoms with Crippen molar-refractivity contribution in [2.24, 2.45) is 17.6 Å². The van der Waals surface area contributed by atoms with Crippen LogP contribution in [0.3, 0.4) is 0 Å². The molecule has 0 amide bonds. The van der Waals surface area contributed by atoms with Gasteiger partial charge in [0, 0.05) is 19.1 Å². The molecule has 0 aromatic rings. The highest BCUT2D eigenvalue weighted by Gasteiger charge is 2.28. The van der Waals surface area contributed by atoms with E-state index >= 15 is 0 Å². The molecule has 1 saturated heterocycles. The van der Waals surface area contributed by atoms with Crippen molar-refractivity contribution in [2.75, 3.05) is 19.6 Å². The van der Waals surface area contributed by atoms with Crippen molar-refractivity contribution in [2.45, 2.75) is 52.5 Å². The number of piperidine rings is 1. The molecule has 0 saturated carbocycles. The highest BCUT2D eigenvalue weighted by molar-refractivity contribution is 4.83. The van der Waals surface area contributed by atoms with Crippen LogP contribution in [0.15, 0.2) is 0 Å². The van der Waals surface area contributed by atoms with Gasteiger partial charge in [0.2, 0.25) is 0 Å². The van der Waals surface area contributed by atoms with Gasteiger partial charge in [0.1, 0.15) is 0 Å². The molecule has 0 spiro atoms. The summed E-state index contributed by atoms with van der Waals surface area (Å²) in [6, 6.07) is 0.638. The Morgan fingerprint density at radius 2 is 2.00 bits per heavy atom. The van der Waals surface area contributed by atoms with Crippen LogP contribution >= 0.6 is 0 Å². The summed E-state index contributed by atoms with van der Waals surface area (Å²) in [4.78, 5) is 2.64. The monoisotopic (exact) mass is 212 g/mol. The zero-order valence-electron chi connectivity index (χ0n) is 10.7. The van der Waals surface area contributed by atoms with Crippen molar-refractivity contribution >= 4 is 0 Å². The maximum absolute atomic E-state index is 5.90. The molecule has 90 valence electrons. The third-order valence-electron chi connectivity index (χ3n) is 4.12. The Labute approximate surface area is 95.2 Å².